The Morgan fingerprint density at radius 2 is 2.21 bits per heavy atom. The first-order chi connectivity index (χ1) is 6.43. The minimum absolute atomic E-state index is 0.165. The van der Waals surface area contributed by atoms with Crippen molar-refractivity contribution in [2.24, 2.45) is 5.73 Å². The second-order valence-electron chi connectivity index (χ2n) is 4.14. The molecule has 14 heavy (non-hydrogen) atoms. The summed E-state index contributed by atoms with van der Waals surface area (Å²) in [6.07, 6.45) is 7.32. The summed E-state index contributed by atoms with van der Waals surface area (Å²) in [5.74, 6) is 2.21. The Bertz CT molecular complexity index is 228. The van der Waals surface area contributed by atoms with Gasteiger partial charge < -0.3 is 11.1 Å². The van der Waals surface area contributed by atoms with E-state index in [1.165, 1.54) is 0 Å². The fourth-order valence-corrected chi connectivity index (χ4v) is 1.33. The van der Waals surface area contributed by atoms with Crippen LogP contribution in [0.25, 0.3) is 0 Å². The Hall–Kier alpha value is -1.01. The Kier molecular flexibility index (Phi) is 5.26. The average molecular weight is 196 g/mol. The minimum Gasteiger partial charge on any atom is -0.350 e. The first kappa shape index (κ1) is 13.0. The van der Waals surface area contributed by atoms with Gasteiger partial charge in [0.25, 0.3) is 0 Å². The van der Waals surface area contributed by atoms with Gasteiger partial charge >= 0.3 is 0 Å². The van der Waals surface area contributed by atoms with Gasteiger partial charge in [-0.05, 0) is 20.3 Å². The van der Waals surface area contributed by atoms with Crippen LogP contribution < -0.4 is 11.1 Å². The van der Waals surface area contributed by atoms with E-state index in [1.807, 2.05) is 13.8 Å². The van der Waals surface area contributed by atoms with Gasteiger partial charge in [0.1, 0.15) is 0 Å². The summed E-state index contributed by atoms with van der Waals surface area (Å²) in [6, 6.07) is -0.587. The van der Waals surface area contributed by atoms with Crippen LogP contribution in [0.1, 0.15) is 40.0 Å². The van der Waals surface area contributed by atoms with E-state index in [4.69, 9.17) is 12.2 Å². The zero-order valence-electron chi connectivity index (χ0n) is 9.26. The second kappa shape index (κ2) is 5.66. The molecule has 0 aliphatic heterocycles. The number of rotatable bonds is 5. The third-order valence-corrected chi connectivity index (χ3v) is 2.01. The fourth-order valence-electron chi connectivity index (χ4n) is 1.33. The maximum Gasteiger partial charge on any atom is 0.238 e. The molecular weight excluding hydrogens is 176 g/mol. The van der Waals surface area contributed by atoms with Crippen LogP contribution in [-0.4, -0.2) is 17.5 Å². The largest absolute Gasteiger partial charge is 0.350 e. The Morgan fingerprint density at radius 3 is 2.64 bits per heavy atom. The highest BCUT2D eigenvalue weighted by Gasteiger charge is 2.22. The molecular formula is C11H20N2O. The lowest BCUT2D eigenvalue weighted by atomic mass is 9.98. The molecule has 1 amide bonds. The lowest BCUT2D eigenvalue weighted by Gasteiger charge is -2.27. The summed E-state index contributed by atoms with van der Waals surface area (Å²) >= 11 is 0. The minimum atomic E-state index is -0.587. The first-order valence-electron chi connectivity index (χ1n) is 4.94. The van der Waals surface area contributed by atoms with Crippen LogP contribution in [0.5, 0.6) is 0 Å². The van der Waals surface area contributed by atoms with E-state index in [2.05, 4.69) is 18.2 Å². The summed E-state index contributed by atoms with van der Waals surface area (Å²) in [6.45, 7) is 6.04. The predicted molar refractivity (Wildman–Crippen MR) is 58.6 cm³/mol. The molecule has 3 nitrogen and oxygen atoms in total. The molecule has 0 aromatic heterocycles. The molecule has 0 aliphatic carbocycles. The van der Waals surface area contributed by atoms with Crippen molar-refractivity contribution in [1.82, 2.24) is 5.32 Å². The molecule has 0 fully saturated rings. The first-order valence-corrected chi connectivity index (χ1v) is 4.94. The van der Waals surface area contributed by atoms with E-state index in [1.54, 1.807) is 0 Å². The lowest BCUT2D eigenvalue weighted by Crippen LogP contribution is -2.50. The monoisotopic (exact) mass is 196 g/mol. The number of terminal acetylenes is 1. The number of nitrogens with one attached hydrogen (secondary N) is 1. The predicted octanol–water partition coefficient (Wildman–Crippen LogP) is 1.03. The van der Waals surface area contributed by atoms with E-state index in [9.17, 15) is 4.79 Å². The Morgan fingerprint density at radius 1 is 1.64 bits per heavy atom. The van der Waals surface area contributed by atoms with Crippen LogP contribution >= 0.6 is 0 Å². The van der Waals surface area contributed by atoms with E-state index >= 15 is 0 Å². The molecule has 0 spiro atoms. The molecule has 0 bridgehead atoms. The summed E-state index contributed by atoms with van der Waals surface area (Å²) in [5, 5.41) is 2.88. The van der Waals surface area contributed by atoms with Crippen molar-refractivity contribution in [2.75, 3.05) is 0 Å². The van der Waals surface area contributed by atoms with Gasteiger partial charge in [-0.2, -0.15) is 0 Å². The van der Waals surface area contributed by atoms with Crippen LogP contribution in [-0.2, 0) is 4.79 Å². The molecule has 0 aromatic carbocycles. The van der Waals surface area contributed by atoms with E-state index in [-0.39, 0.29) is 17.9 Å². The maximum atomic E-state index is 11.5. The molecule has 0 aromatic rings. The molecule has 0 saturated heterocycles. The topological polar surface area (TPSA) is 55.1 Å². The molecule has 80 valence electrons. The smallest absolute Gasteiger partial charge is 0.238 e. The molecule has 1 atom stereocenters. The number of carbonyl (C=O) groups is 1. The highest BCUT2D eigenvalue weighted by atomic mass is 16.2. The number of nitrogens with two attached hydrogens (primary N) is 1. The van der Waals surface area contributed by atoms with Gasteiger partial charge in [-0.3, -0.25) is 4.79 Å². The molecule has 0 radical (unpaired) electrons. The molecule has 3 heteroatoms. The number of carbonyl (C=O) groups excluding carboxylic acids is 1. The molecule has 0 rings (SSSR count). The SMILES string of the molecule is C#CCC(N)C(=O)NC(C)(C)CCC. The molecule has 3 N–H and O–H groups in total. The summed E-state index contributed by atoms with van der Waals surface area (Å²) < 4.78 is 0. The number of hydrogen-bond donors (Lipinski definition) is 2. The maximum absolute atomic E-state index is 11.5. The third kappa shape index (κ3) is 4.88. The highest BCUT2D eigenvalue weighted by Crippen LogP contribution is 2.10. The zero-order chi connectivity index (χ0) is 11.2. The second-order valence-corrected chi connectivity index (χ2v) is 4.14. The van der Waals surface area contributed by atoms with Gasteiger partial charge in [0.05, 0.1) is 6.04 Å². The molecule has 0 saturated carbocycles. The molecule has 1 unspecified atom stereocenters. The van der Waals surface area contributed by atoms with Crippen molar-refractivity contribution >= 4 is 5.91 Å². The van der Waals surface area contributed by atoms with Crippen molar-refractivity contribution < 1.29 is 4.79 Å². The Balaban J connectivity index is 4.11. The lowest BCUT2D eigenvalue weighted by molar-refractivity contribution is -0.123. The number of amides is 1. The highest BCUT2D eigenvalue weighted by molar-refractivity contribution is 5.82. The summed E-state index contributed by atoms with van der Waals surface area (Å²) in [7, 11) is 0. The van der Waals surface area contributed by atoms with Crippen molar-refractivity contribution in [3.05, 3.63) is 0 Å². The van der Waals surface area contributed by atoms with Crippen molar-refractivity contribution in [3.63, 3.8) is 0 Å². The van der Waals surface area contributed by atoms with Gasteiger partial charge in [-0.1, -0.05) is 13.3 Å². The van der Waals surface area contributed by atoms with Crippen LogP contribution in [0.3, 0.4) is 0 Å². The molecule has 0 aliphatic rings. The van der Waals surface area contributed by atoms with Gasteiger partial charge in [-0.15, -0.1) is 12.3 Å². The quantitative estimate of drug-likeness (QED) is 0.645. The normalized spacial score (nSPS) is 13.1. The summed E-state index contributed by atoms with van der Waals surface area (Å²) in [5.41, 5.74) is 5.38. The third-order valence-electron chi connectivity index (χ3n) is 2.01. The van der Waals surface area contributed by atoms with Crippen LogP contribution in [0, 0.1) is 12.3 Å². The van der Waals surface area contributed by atoms with Crippen LogP contribution in [0.2, 0.25) is 0 Å². The summed E-state index contributed by atoms with van der Waals surface area (Å²) in [4.78, 5) is 11.5. The Labute approximate surface area is 86.4 Å². The van der Waals surface area contributed by atoms with Crippen molar-refractivity contribution in [3.8, 4) is 12.3 Å². The van der Waals surface area contributed by atoms with E-state index in [0.717, 1.165) is 12.8 Å². The molecule has 0 heterocycles. The fraction of sp³-hybridized carbons (Fsp3) is 0.727. The average Bonchev–Trinajstić information content (AvgIpc) is 2.03. The van der Waals surface area contributed by atoms with E-state index < -0.39 is 6.04 Å². The van der Waals surface area contributed by atoms with Crippen molar-refractivity contribution in [2.45, 2.75) is 51.6 Å². The zero-order valence-corrected chi connectivity index (χ0v) is 9.26. The van der Waals surface area contributed by atoms with Crippen LogP contribution in [0.15, 0.2) is 0 Å². The van der Waals surface area contributed by atoms with Gasteiger partial charge in [0.15, 0.2) is 0 Å². The van der Waals surface area contributed by atoms with Gasteiger partial charge in [0, 0.05) is 12.0 Å². The van der Waals surface area contributed by atoms with Crippen LogP contribution in [0.4, 0.5) is 0 Å². The van der Waals surface area contributed by atoms with E-state index in [0.29, 0.717) is 0 Å². The number of hydrogen-bond acceptors (Lipinski definition) is 2. The standard InChI is InChI=1S/C11H20N2O/c1-5-7-9(12)10(14)13-11(3,4)8-6-2/h1,9H,6-8,12H2,2-4H3,(H,13,14). The van der Waals surface area contributed by atoms with Gasteiger partial charge in [0.2, 0.25) is 5.91 Å². The van der Waals surface area contributed by atoms with Crippen molar-refractivity contribution in [1.29, 1.82) is 0 Å². The van der Waals surface area contributed by atoms with Gasteiger partial charge in [-0.25, -0.2) is 0 Å².